The Bertz CT molecular complexity index is 137. The average Bonchev–Trinajstić information content (AvgIpc) is 1.64. The van der Waals surface area contributed by atoms with Gasteiger partial charge in [-0.05, 0) is 12.5 Å². The zero-order chi connectivity index (χ0) is 5.98. The lowest BCUT2D eigenvalue weighted by Crippen LogP contribution is -2.14. The second kappa shape index (κ2) is 1.94. The van der Waals surface area contributed by atoms with Crippen LogP contribution in [0.3, 0.4) is 0 Å². The van der Waals surface area contributed by atoms with Crippen molar-refractivity contribution >= 4 is 0 Å². The minimum absolute atomic E-state index is 0.906. The van der Waals surface area contributed by atoms with E-state index in [4.69, 9.17) is 0 Å². The summed E-state index contributed by atoms with van der Waals surface area (Å²) in [5, 5.41) is 9.29. The molecule has 1 heterocycles. The van der Waals surface area contributed by atoms with Crippen molar-refractivity contribution in [1.82, 2.24) is 5.01 Å². The Hall–Kier alpha value is -0.860. The number of nitrogens with zero attached hydrogens (tertiary/aromatic N) is 3. The molecule has 0 aliphatic carbocycles. The number of likely N-dealkylation sites (N-methyl/N-ethyl adjacent to an activating group) is 1. The standard InChI is InChI=1S/C5H9N3/c1-5-3-6-7-8(2)4-5/h3H,4H2,1-2H3. The molecule has 1 aliphatic heterocycles. The molecule has 0 fully saturated rings. The molecule has 44 valence electrons. The monoisotopic (exact) mass is 111 g/mol. The minimum Gasteiger partial charge on any atom is -0.277 e. The van der Waals surface area contributed by atoms with Crippen LogP contribution in [0.25, 0.3) is 0 Å². The number of hydrogen-bond donors (Lipinski definition) is 0. The quantitative estimate of drug-likeness (QED) is 0.461. The second-order valence-corrected chi connectivity index (χ2v) is 2.00. The number of rotatable bonds is 0. The smallest absolute Gasteiger partial charge is 0.0600 e. The molecule has 8 heavy (non-hydrogen) atoms. The molecule has 0 amide bonds. The first-order valence-corrected chi connectivity index (χ1v) is 2.56. The van der Waals surface area contributed by atoms with E-state index in [1.165, 1.54) is 5.57 Å². The highest BCUT2D eigenvalue weighted by Gasteiger charge is 1.97. The molecule has 3 heteroatoms. The summed E-state index contributed by atoms with van der Waals surface area (Å²) in [6.45, 7) is 2.94. The van der Waals surface area contributed by atoms with E-state index in [0.717, 1.165) is 6.54 Å². The predicted molar refractivity (Wildman–Crippen MR) is 31.2 cm³/mol. The van der Waals surface area contributed by atoms with Crippen molar-refractivity contribution in [2.45, 2.75) is 6.92 Å². The van der Waals surface area contributed by atoms with Crippen molar-refractivity contribution in [3.05, 3.63) is 11.8 Å². The summed E-state index contributed by atoms with van der Waals surface area (Å²) in [4.78, 5) is 0. The largest absolute Gasteiger partial charge is 0.277 e. The van der Waals surface area contributed by atoms with Gasteiger partial charge in [0.2, 0.25) is 0 Å². The van der Waals surface area contributed by atoms with Crippen LogP contribution in [0.1, 0.15) is 6.92 Å². The van der Waals surface area contributed by atoms with Crippen molar-refractivity contribution in [1.29, 1.82) is 0 Å². The molecule has 0 atom stereocenters. The Kier molecular flexibility index (Phi) is 1.28. The molecule has 0 spiro atoms. The molecule has 0 aromatic heterocycles. The Morgan fingerprint density at radius 3 is 2.88 bits per heavy atom. The Morgan fingerprint density at radius 2 is 2.50 bits per heavy atom. The van der Waals surface area contributed by atoms with Gasteiger partial charge < -0.3 is 0 Å². The van der Waals surface area contributed by atoms with Crippen molar-refractivity contribution in [3.63, 3.8) is 0 Å². The SMILES string of the molecule is CC1=CN=NN(C)C1. The average molecular weight is 111 g/mol. The normalized spacial score (nSPS) is 18.8. The van der Waals surface area contributed by atoms with Gasteiger partial charge in [-0.3, -0.25) is 5.01 Å². The highest BCUT2D eigenvalue weighted by atomic mass is 15.5. The summed E-state index contributed by atoms with van der Waals surface area (Å²) in [6, 6.07) is 0. The van der Waals surface area contributed by atoms with Crippen LogP contribution in [-0.4, -0.2) is 18.6 Å². The molecule has 0 bridgehead atoms. The lowest BCUT2D eigenvalue weighted by Gasteiger charge is -2.13. The molecular formula is C5H9N3. The van der Waals surface area contributed by atoms with Gasteiger partial charge in [0.15, 0.2) is 0 Å². The van der Waals surface area contributed by atoms with Crippen molar-refractivity contribution in [2.24, 2.45) is 10.3 Å². The van der Waals surface area contributed by atoms with Crippen LogP contribution in [-0.2, 0) is 0 Å². The van der Waals surface area contributed by atoms with E-state index in [1.807, 2.05) is 14.0 Å². The third-order valence-corrected chi connectivity index (χ3v) is 0.961. The van der Waals surface area contributed by atoms with E-state index in [9.17, 15) is 0 Å². The third kappa shape index (κ3) is 1.05. The molecule has 0 radical (unpaired) electrons. The van der Waals surface area contributed by atoms with Gasteiger partial charge in [0.1, 0.15) is 0 Å². The van der Waals surface area contributed by atoms with Crippen LogP contribution >= 0.6 is 0 Å². The minimum atomic E-state index is 0.906. The van der Waals surface area contributed by atoms with Crippen LogP contribution < -0.4 is 0 Å². The topological polar surface area (TPSA) is 28.0 Å². The van der Waals surface area contributed by atoms with Gasteiger partial charge >= 0.3 is 0 Å². The maximum atomic E-state index is 3.76. The molecule has 0 aromatic rings. The summed E-state index contributed by atoms with van der Waals surface area (Å²) < 4.78 is 0. The van der Waals surface area contributed by atoms with E-state index in [2.05, 4.69) is 10.3 Å². The molecule has 3 nitrogen and oxygen atoms in total. The Labute approximate surface area is 48.7 Å². The first-order chi connectivity index (χ1) is 3.79. The fourth-order valence-electron chi connectivity index (χ4n) is 0.646. The fourth-order valence-corrected chi connectivity index (χ4v) is 0.646. The van der Waals surface area contributed by atoms with E-state index >= 15 is 0 Å². The van der Waals surface area contributed by atoms with Crippen molar-refractivity contribution < 1.29 is 0 Å². The Balaban J connectivity index is 2.59. The van der Waals surface area contributed by atoms with Gasteiger partial charge in [-0.2, -0.15) is 0 Å². The Morgan fingerprint density at radius 1 is 1.75 bits per heavy atom. The summed E-state index contributed by atoms with van der Waals surface area (Å²) in [5.41, 5.74) is 1.25. The van der Waals surface area contributed by atoms with E-state index in [0.29, 0.717) is 0 Å². The molecule has 0 N–H and O–H groups in total. The lowest BCUT2D eigenvalue weighted by molar-refractivity contribution is 0.349. The molecule has 1 aliphatic rings. The van der Waals surface area contributed by atoms with Gasteiger partial charge in [-0.25, -0.2) is 0 Å². The van der Waals surface area contributed by atoms with E-state index < -0.39 is 0 Å². The molecule has 0 saturated carbocycles. The second-order valence-electron chi connectivity index (χ2n) is 2.00. The van der Waals surface area contributed by atoms with Crippen molar-refractivity contribution in [3.8, 4) is 0 Å². The lowest BCUT2D eigenvalue weighted by atomic mass is 10.3. The first kappa shape index (κ1) is 5.28. The van der Waals surface area contributed by atoms with Gasteiger partial charge in [0, 0.05) is 7.05 Å². The van der Waals surface area contributed by atoms with Crippen LogP contribution in [0.15, 0.2) is 22.1 Å². The third-order valence-electron chi connectivity index (χ3n) is 0.961. The molecule has 0 aromatic carbocycles. The van der Waals surface area contributed by atoms with Crippen LogP contribution in [0.5, 0.6) is 0 Å². The van der Waals surface area contributed by atoms with Crippen LogP contribution in [0.4, 0.5) is 0 Å². The van der Waals surface area contributed by atoms with Crippen LogP contribution in [0, 0.1) is 0 Å². The predicted octanol–water partition coefficient (Wildman–Crippen LogP) is 1.20. The number of hydrogen-bond acceptors (Lipinski definition) is 3. The molecule has 1 rings (SSSR count). The zero-order valence-electron chi connectivity index (χ0n) is 5.13. The summed E-state index contributed by atoms with van der Waals surface area (Å²) >= 11 is 0. The maximum absolute atomic E-state index is 3.76. The summed E-state index contributed by atoms with van der Waals surface area (Å²) in [6.07, 6.45) is 1.78. The summed E-state index contributed by atoms with van der Waals surface area (Å²) in [7, 11) is 1.90. The van der Waals surface area contributed by atoms with Gasteiger partial charge in [-0.15, -0.1) is 5.11 Å². The first-order valence-electron chi connectivity index (χ1n) is 2.56. The highest BCUT2D eigenvalue weighted by Crippen LogP contribution is 2.02. The van der Waals surface area contributed by atoms with E-state index in [1.54, 1.807) is 11.2 Å². The summed E-state index contributed by atoms with van der Waals surface area (Å²) in [5.74, 6) is 0. The van der Waals surface area contributed by atoms with Gasteiger partial charge in [0.25, 0.3) is 0 Å². The zero-order valence-corrected chi connectivity index (χ0v) is 5.13. The molecular weight excluding hydrogens is 102 g/mol. The fraction of sp³-hybridized carbons (Fsp3) is 0.600. The highest BCUT2D eigenvalue weighted by molar-refractivity contribution is 4.99. The van der Waals surface area contributed by atoms with Crippen LogP contribution in [0.2, 0.25) is 0 Å². The van der Waals surface area contributed by atoms with Gasteiger partial charge in [-0.1, -0.05) is 5.22 Å². The van der Waals surface area contributed by atoms with Crippen molar-refractivity contribution in [2.75, 3.05) is 13.6 Å². The van der Waals surface area contributed by atoms with E-state index in [-0.39, 0.29) is 0 Å². The molecule has 0 unspecified atom stereocenters. The maximum Gasteiger partial charge on any atom is 0.0600 e. The molecule has 0 saturated heterocycles. The van der Waals surface area contributed by atoms with Gasteiger partial charge in [0.05, 0.1) is 12.7 Å².